The molecule has 0 radical (unpaired) electrons. The minimum absolute atomic E-state index is 0.0216. The van der Waals surface area contributed by atoms with Crippen molar-refractivity contribution in [2.45, 2.75) is 13.5 Å². The second-order valence-corrected chi connectivity index (χ2v) is 4.36. The van der Waals surface area contributed by atoms with E-state index in [1.807, 2.05) is 0 Å². The normalized spacial score (nSPS) is 10.8. The van der Waals surface area contributed by atoms with Crippen LogP contribution in [0.25, 0.3) is 11.3 Å². The van der Waals surface area contributed by atoms with E-state index >= 15 is 0 Å². The molecule has 0 aliphatic heterocycles. The van der Waals surface area contributed by atoms with E-state index in [4.69, 9.17) is 5.11 Å². The van der Waals surface area contributed by atoms with Gasteiger partial charge < -0.3 is 19.9 Å². The van der Waals surface area contributed by atoms with Crippen molar-refractivity contribution in [3.05, 3.63) is 46.0 Å². The van der Waals surface area contributed by atoms with Crippen LogP contribution in [-0.4, -0.2) is 26.5 Å². The summed E-state index contributed by atoms with van der Waals surface area (Å²) in [6, 6.07) is 5.29. The lowest BCUT2D eigenvalue weighted by molar-refractivity contribution is 0.273. The quantitative estimate of drug-likeness (QED) is 0.792. The monoisotopic (exact) mass is 279 g/mol. The maximum absolute atomic E-state index is 13.3. The standard InChI is InChI=1S/C14H14FNO4/c1-8-12(18)13(19)11(16(5-6-17)14(8)20)9-3-2-4-10(15)7-9/h2-4,7,17-19H,5-6H2,1H3. The van der Waals surface area contributed by atoms with Crippen molar-refractivity contribution in [1.29, 1.82) is 0 Å². The summed E-state index contributed by atoms with van der Waals surface area (Å²) in [6.07, 6.45) is 0. The van der Waals surface area contributed by atoms with E-state index in [0.29, 0.717) is 0 Å². The van der Waals surface area contributed by atoms with Gasteiger partial charge >= 0.3 is 0 Å². The first-order valence-electron chi connectivity index (χ1n) is 5.99. The second kappa shape index (κ2) is 5.34. The van der Waals surface area contributed by atoms with Gasteiger partial charge in [-0.3, -0.25) is 4.79 Å². The largest absolute Gasteiger partial charge is 0.504 e. The van der Waals surface area contributed by atoms with Crippen LogP contribution in [0.15, 0.2) is 29.1 Å². The fourth-order valence-electron chi connectivity index (χ4n) is 2.06. The summed E-state index contributed by atoms with van der Waals surface area (Å²) in [6.45, 7) is 0.964. The van der Waals surface area contributed by atoms with Gasteiger partial charge in [0.15, 0.2) is 11.5 Å². The maximum atomic E-state index is 13.3. The number of aromatic hydroxyl groups is 2. The smallest absolute Gasteiger partial charge is 0.257 e. The Labute approximate surface area is 114 Å². The number of halogens is 1. The zero-order valence-corrected chi connectivity index (χ0v) is 10.8. The highest BCUT2D eigenvalue weighted by molar-refractivity contribution is 5.70. The second-order valence-electron chi connectivity index (χ2n) is 4.36. The van der Waals surface area contributed by atoms with E-state index in [9.17, 15) is 19.4 Å². The number of aliphatic hydroxyl groups excluding tert-OH is 1. The predicted octanol–water partition coefficient (Wildman–Crippen LogP) is 1.37. The highest BCUT2D eigenvalue weighted by Crippen LogP contribution is 2.36. The topological polar surface area (TPSA) is 82.7 Å². The molecular formula is C14H14FNO4. The number of nitrogens with zero attached hydrogens (tertiary/aromatic N) is 1. The van der Waals surface area contributed by atoms with Crippen LogP contribution in [0, 0.1) is 12.7 Å². The summed E-state index contributed by atoms with van der Waals surface area (Å²) in [5, 5.41) is 28.9. The molecule has 0 fully saturated rings. The Balaban J connectivity index is 2.83. The van der Waals surface area contributed by atoms with E-state index < -0.39 is 22.9 Å². The summed E-state index contributed by atoms with van der Waals surface area (Å²) < 4.78 is 14.4. The Morgan fingerprint density at radius 1 is 1.25 bits per heavy atom. The van der Waals surface area contributed by atoms with Gasteiger partial charge in [0.25, 0.3) is 5.56 Å². The minimum atomic E-state index is -0.548. The molecule has 2 rings (SSSR count). The van der Waals surface area contributed by atoms with Gasteiger partial charge in [-0.15, -0.1) is 0 Å². The molecule has 5 nitrogen and oxygen atoms in total. The van der Waals surface area contributed by atoms with Gasteiger partial charge in [0.1, 0.15) is 5.82 Å². The molecule has 0 bridgehead atoms. The molecule has 1 heterocycles. The molecule has 0 saturated heterocycles. The van der Waals surface area contributed by atoms with Crippen LogP contribution in [0.4, 0.5) is 4.39 Å². The third-order valence-electron chi connectivity index (χ3n) is 3.06. The molecule has 1 aromatic carbocycles. The van der Waals surface area contributed by atoms with E-state index in [-0.39, 0.29) is 30.0 Å². The van der Waals surface area contributed by atoms with E-state index in [1.165, 1.54) is 25.1 Å². The van der Waals surface area contributed by atoms with Crippen LogP contribution in [0.5, 0.6) is 11.5 Å². The predicted molar refractivity (Wildman–Crippen MR) is 71.2 cm³/mol. The summed E-state index contributed by atoms with van der Waals surface area (Å²) in [7, 11) is 0. The lowest BCUT2D eigenvalue weighted by atomic mass is 10.1. The van der Waals surface area contributed by atoms with Crippen molar-refractivity contribution in [3.63, 3.8) is 0 Å². The molecule has 0 saturated carbocycles. The van der Waals surface area contributed by atoms with Crippen LogP contribution in [0.1, 0.15) is 5.56 Å². The highest BCUT2D eigenvalue weighted by Gasteiger charge is 2.20. The summed E-state index contributed by atoms with van der Waals surface area (Å²) in [5.41, 5.74) is -0.361. The zero-order chi connectivity index (χ0) is 14.9. The molecule has 1 aromatic heterocycles. The van der Waals surface area contributed by atoms with Gasteiger partial charge in [0, 0.05) is 12.1 Å². The third-order valence-corrected chi connectivity index (χ3v) is 3.06. The molecule has 0 amide bonds. The van der Waals surface area contributed by atoms with Crippen molar-refractivity contribution in [2.24, 2.45) is 0 Å². The van der Waals surface area contributed by atoms with Crippen molar-refractivity contribution in [3.8, 4) is 22.8 Å². The van der Waals surface area contributed by atoms with Gasteiger partial charge in [-0.05, 0) is 19.1 Å². The maximum Gasteiger partial charge on any atom is 0.257 e. The molecule has 3 N–H and O–H groups in total. The third kappa shape index (κ3) is 2.25. The van der Waals surface area contributed by atoms with Crippen LogP contribution < -0.4 is 5.56 Å². The first-order valence-corrected chi connectivity index (χ1v) is 5.99. The molecule has 0 aliphatic carbocycles. The molecule has 0 atom stereocenters. The van der Waals surface area contributed by atoms with Gasteiger partial charge in [-0.1, -0.05) is 12.1 Å². The highest BCUT2D eigenvalue weighted by atomic mass is 19.1. The number of hydrogen-bond acceptors (Lipinski definition) is 4. The van der Waals surface area contributed by atoms with Crippen LogP contribution >= 0.6 is 0 Å². The Hall–Kier alpha value is -2.34. The molecule has 2 aromatic rings. The molecular weight excluding hydrogens is 265 g/mol. The van der Waals surface area contributed by atoms with Gasteiger partial charge in [0.05, 0.1) is 17.9 Å². The van der Waals surface area contributed by atoms with Gasteiger partial charge in [0.2, 0.25) is 0 Å². The minimum Gasteiger partial charge on any atom is -0.504 e. The number of benzene rings is 1. The van der Waals surface area contributed by atoms with E-state index in [2.05, 4.69) is 0 Å². The van der Waals surface area contributed by atoms with Crippen LogP contribution in [0.2, 0.25) is 0 Å². The Bertz CT molecular complexity index is 709. The summed E-state index contributed by atoms with van der Waals surface area (Å²) >= 11 is 0. The summed E-state index contributed by atoms with van der Waals surface area (Å²) in [5.74, 6) is -1.59. The fourth-order valence-corrected chi connectivity index (χ4v) is 2.06. The average molecular weight is 279 g/mol. The van der Waals surface area contributed by atoms with Crippen molar-refractivity contribution in [1.82, 2.24) is 4.57 Å². The molecule has 6 heteroatoms. The SMILES string of the molecule is Cc1c(O)c(O)c(-c2cccc(F)c2)n(CCO)c1=O. The Kier molecular flexibility index (Phi) is 3.76. The lowest BCUT2D eigenvalue weighted by Gasteiger charge is -2.16. The van der Waals surface area contributed by atoms with E-state index in [1.54, 1.807) is 0 Å². The number of aromatic nitrogens is 1. The Morgan fingerprint density at radius 3 is 2.55 bits per heavy atom. The van der Waals surface area contributed by atoms with Crippen molar-refractivity contribution >= 4 is 0 Å². The molecule has 0 unspecified atom stereocenters. The number of rotatable bonds is 3. The van der Waals surface area contributed by atoms with Gasteiger partial charge in [-0.2, -0.15) is 0 Å². The lowest BCUT2D eigenvalue weighted by Crippen LogP contribution is -2.25. The number of hydrogen-bond donors (Lipinski definition) is 3. The van der Waals surface area contributed by atoms with Crippen LogP contribution in [0.3, 0.4) is 0 Å². The van der Waals surface area contributed by atoms with Crippen LogP contribution in [-0.2, 0) is 6.54 Å². The zero-order valence-electron chi connectivity index (χ0n) is 10.8. The molecule has 0 aliphatic rings. The van der Waals surface area contributed by atoms with Gasteiger partial charge in [-0.25, -0.2) is 4.39 Å². The van der Waals surface area contributed by atoms with E-state index in [0.717, 1.165) is 10.6 Å². The molecule has 20 heavy (non-hydrogen) atoms. The van der Waals surface area contributed by atoms with Crippen molar-refractivity contribution < 1.29 is 19.7 Å². The Morgan fingerprint density at radius 2 is 1.95 bits per heavy atom. The molecule has 0 spiro atoms. The molecule has 106 valence electrons. The number of pyridine rings is 1. The van der Waals surface area contributed by atoms with Crippen molar-refractivity contribution in [2.75, 3.05) is 6.61 Å². The summed E-state index contributed by atoms with van der Waals surface area (Å²) in [4.78, 5) is 12.1. The average Bonchev–Trinajstić information content (AvgIpc) is 2.43. The first kappa shape index (κ1) is 14.1. The first-order chi connectivity index (χ1) is 9.47. The number of aliphatic hydroxyl groups is 1. The fraction of sp³-hybridized carbons (Fsp3) is 0.214.